The van der Waals surface area contributed by atoms with Crippen molar-refractivity contribution < 1.29 is 34.2 Å². The van der Waals surface area contributed by atoms with E-state index in [1.807, 2.05) is 6.26 Å². The number of primary amides is 1. The molecule has 0 fully saturated rings. The molecule has 0 radical (unpaired) electrons. The average Bonchev–Trinajstić information content (AvgIpc) is 2.86. The van der Waals surface area contributed by atoms with Gasteiger partial charge in [0.2, 0.25) is 23.6 Å². The molecule has 4 amide bonds. The number of amides is 4. The Morgan fingerprint density at radius 3 is 2.03 bits per heavy atom. The van der Waals surface area contributed by atoms with E-state index in [4.69, 9.17) is 17.2 Å². The number of rotatable bonds is 18. The first-order valence-corrected chi connectivity index (χ1v) is 13.5. The monoisotopic (exact) mass is 554 g/mol. The molecule has 0 spiro atoms. The van der Waals surface area contributed by atoms with Crippen LogP contribution in [0.5, 0.6) is 5.75 Å². The van der Waals surface area contributed by atoms with Crippen molar-refractivity contribution in [3.8, 4) is 5.75 Å². The van der Waals surface area contributed by atoms with E-state index < -0.39 is 60.2 Å². The summed E-state index contributed by atoms with van der Waals surface area (Å²) < 4.78 is 0. The Labute approximate surface area is 225 Å². The molecule has 0 bridgehead atoms. The first-order valence-electron chi connectivity index (χ1n) is 12.1. The van der Waals surface area contributed by atoms with Gasteiger partial charge < -0.3 is 43.4 Å². The molecule has 0 aliphatic rings. The van der Waals surface area contributed by atoms with E-state index in [-0.39, 0.29) is 18.6 Å². The second kappa shape index (κ2) is 17.2. The molecule has 11 N–H and O–H groups in total. The molecule has 1 aromatic carbocycles. The highest BCUT2D eigenvalue weighted by Gasteiger charge is 2.31. The zero-order valence-corrected chi connectivity index (χ0v) is 22.2. The number of carbonyl (C=O) groups is 5. The summed E-state index contributed by atoms with van der Waals surface area (Å²) in [6.07, 6.45) is 2.92. The number of aliphatic carboxylic acids is 1. The van der Waals surface area contributed by atoms with Gasteiger partial charge in [0, 0.05) is 6.42 Å². The second-order valence-electron chi connectivity index (χ2n) is 8.74. The number of hydrogen-bond acceptors (Lipinski definition) is 9. The van der Waals surface area contributed by atoms with Crippen LogP contribution in [0.2, 0.25) is 0 Å². The van der Waals surface area contributed by atoms with Crippen LogP contribution < -0.4 is 33.2 Å². The Morgan fingerprint density at radius 2 is 1.47 bits per heavy atom. The topological polar surface area (TPSA) is 240 Å². The molecule has 4 atom stereocenters. The van der Waals surface area contributed by atoms with Crippen molar-refractivity contribution in [1.82, 2.24) is 16.0 Å². The second-order valence-corrected chi connectivity index (χ2v) is 9.72. The van der Waals surface area contributed by atoms with Crippen LogP contribution in [0.1, 0.15) is 37.7 Å². The summed E-state index contributed by atoms with van der Waals surface area (Å²) in [5.74, 6) is -3.82. The lowest BCUT2D eigenvalue weighted by atomic mass is 10.0. The van der Waals surface area contributed by atoms with Crippen molar-refractivity contribution in [2.24, 2.45) is 17.2 Å². The molecule has 0 aliphatic heterocycles. The number of hydrogen-bond donors (Lipinski definition) is 8. The van der Waals surface area contributed by atoms with Crippen molar-refractivity contribution in [3.05, 3.63) is 29.8 Å². The first-order chi connectivity index (χ1) is 18.0. The fraction of sp³-hybridized carbons (Fsp3) is 0.542. The number of nitrogens with one attached hydrogen (secondary N) is 3. The van der Waals surface area contributed by atoms with E-state index in [0.29, 0.717) is 37.1 Å². The van der Waals surface area contributed by atoms with E-state index in [2.05, 4.69) is 16.0 Å². The lowest BCUT2D eigenvalue weighted by Crippen LogP contribution is -2.58. The molecule has 0 saturated carbocycles. The molecular formula is C24H38N6O7S. The smallest absolute Gasteiger partial charge is 0.326 e. The maximum atomic E-state index is 13.3. The Morgan fingerprint density at radius 1 is 0.895 bits per heavy atom. The summed E-state index contributed by atoms with van der Waals surface area (Å²) in [5.41, 5.74) is 17.1. The SMILES string of the molecule is CSCCC(N)C(=O)NC(CCCCN)C(=O)NC(Cc1ccc(O)cc1)C(=O)NC(CC(N)=O)C(=O)O. The molecule has 14 heteroatoms. The summed E-state index contributed by atoms with van der Waals surface area (Å²) in [6, 6.07) is 1.13. The highest BCUT2D eigenvalue weighted by molar-refractivity contribution is 7.98. The van der Waals surface area contributed by atoms with E-state index in [0.717, 1.165) is 0 Å². The largest absolute Gasteiger partial charge is 0.508 e. The van der Waals surface area contributed by atoms with Crippen LogP contribution in [0.15, 0.2) is 24.3 Å². The van der Waals surface area contributed by atoms with Crippen LogP contribution in [0, 0.1) is 0 Å². The number of carbonyl (C=O) groups excluding carboxylic acids is 4. The number of thioether (sulfide) groups is 1. The summed E-state index contributed by atoms with van der Waals surface area (Å²) in [4.78, 5) is 61.7. The van der Waals surface area contributed by atoms with Crippen LogP contribution in [0.4, 0.5) is 0 Å². The Hall–Kier alpha value is -3.36. The van der Waals surface area contributed by atoms with Crippen LogP contribution in [-0.4, -0.2) is 82.5 Å². The predicted molar refractivity (Wildman–Crippen MR) is 143 cm³/mol. The molecule has 0 heterocycles. The number of phenolic OH excluding ortho intramolecular Hbond substituents is 1. The molecule has 0 saturated heterocycles. The maximum absolute atomic E-state index is 13.3. The van der Waals surface area contributed by atoms with Gasteiger partial charge in [-0.15, -0.1) is 0 Å². The third kappa shape index (κ3) is 12.3. The van der Waals surface area contributed by atoms with Crippen molar-refractivity contribution in [3.63, 3.8) is 0 Å². The lowest BCUT2D eigenvalue weighted by molar-refractivity contribution is -0.143. The molecule has 0 aliphatic carbocycles. The summed E-state index contributed by atoms with van der Waals surface area (Å²) in [7, 11) is 0. The van der Waals surface area contributed by atoms with Crippen molar-refractivity contribution in [1.29, 1.82) is 0 Å². The van der Waals surface area contributed by atoms with Crippen molar-refractivity contribution in [2.45, 2.75) is 62.7 Å². The lowest BCUT2D eigenvalue weighted by Gasteiger charge is -2.25. The van der Waals surface area contributed by atoms with Gasteiger partial charge >= 0.3 is 5.97 Å². The van der Waals surface area contributed by atoms with E-state index in [1.54, 1.807) is 0 Å². The Balaban J connectivity index is 3.14. The molecule has 1 rings (SSSR count). The Kier molecular flexibility index (Phi) is 14.8. The van der Waals surface area contributed by atoms with Gasteiger partial charge in [-0.1, -0.05) is 12.1 Å². The van der Waals surface area contributed by atoms with Crippen LogP contribution in [0.25, 0.3) is 0 Å². The van der Waals surface area contributed by atoms with Gasteiger partial charge in [0.15, 0.2) is 0 Å². The van der Waals surface area contributed by atoms with E-state index >= 15 is 0 Å². The third-order valence-electron chi connectivity index (χ3n) is 5.58. The van der Waals surface area contributed by atoms with Gasteiger partial charge in [0.1, 0.15) is 23.9 Å². The zero-order chi connectivity index (χ0) is 28.7. The minimum Gasteiger partial charge on any atom is -0.508 e. The number of phenols is 1. The average molecular weight is 555 g/mol. The molecule has 13 nitrogen and oxygen atoms in total. The number of carboxylic acid groups (broad SMARTS) is 1. The number of unbranched alkanes of at least 4 members (excludes halogenated alkanes) is 1. The minimum atomic E-state index is -1.60. The maximum Gasteiger partial charge on any atom is 0.326 e. The fourth-order valence-electron chi connectivity index (χ4n) is 3.44. The molecule has 4 unspecified atom stereocenters. The molecule has 0 aromatic heterocycles. The van der Waals surface area contributed by atoms with Gasteiger partial charge in [-0.25, -0.2) is 4.79 Å². The first kappa shape index (κ1) is 32.7. The number of aromatic hydroxyl groups is 1. The van der Waals surface area contributed by atoms with Gasteiger partial charge in [-0.05, 0) is 61.9 Å². The van der Waals surface area contributed by atoms with Gasteiger partial charge in [-0.2, -0.15) is 11.8 Å². The molecule has 1 aromatic rings. The van der Waals surface area contributed by atoms with Gasteiger partial charge in [0.05, 0.1) is 12.5 Å². The molecule has 212 valence electrons. The highest BCUT2D eigenvalue weighted by Crippen LogP contribution is 2.12. The minimum absolute atomic E-state index is 0.00771. The van der Waals surface area contributed by atoms with Gasteiger partial charge in [-0.3, -0.25) is 19.2 Å². The molecular weight excluding hydrogens is 516 g/mol. The summed E-state index contributed by atoms with van der Waals surface area (Å²) in [5, 5.41) is 26.4. The summed E-state index contributed by atoms with van der Waals surface area (Å²) >= 11 is 1.53. The van der Waals surface area contributed by atoms with E-state index in [1.165, 1.54) is 36.0 Å². The molecule has 38 heavy (non-hydrogen) atoms. The van der Waals surface area contributed by atoms with Crippen LogP contribution >= 0.6 is 11.8 Å². The van der Waals surface area contributed by atoms with E-state index in [9.17, 15) is 34.2 Å². The normalized spacial score (nSPS) is 14.0. The standard InChI is InChI=1S/C24H38N6O7S/c1-38-11-9-16(26)21(33)28-17(4-2-3-10-25)22(34)29-18(12-14-5-7-15(31)8-6-14)23(35)30-19(24(36)37)13-20(27)32/h5-8,16-19,31H,2-4,9-13,25-26H2,1H3,(H2,27,32)(H,28,33)(H,29,34)(H,30,35)(H,36,37). The quantitative estimate of drug-likeness (QED) is 0.0982. The third-order valence-corrected chi connectivity index (χ3v) is 6.22. The zero-order valence-electron chi connectivity index (χ0n) is 21.4. The van der Waals surface area contributed by atoms with Crippen molar-refractivity contribution >= 4 is 41.4 Å². The fourth-order valence-corrected chi connectivity index (χ4v) is 3.93. The predicted octanol–water partition coefficient (Wildman–Crippen LogP) is -1.44. The number of benzene rings is 1. The summed E-state index contributed by atoms with van der Waals surface area (Å²) in [6.45, 7) is 0.387. The number of nitrogens with two attached hydrogens (primary N) is 3. The Bertz CT molecular complexity index is 947. The van der Waals surface area contributed by atoms with Crippen molar-refractivity contribution in [2.75, 3.05) is 18.6 Å². The highest BCUT2D eigenvalue weighted by atomic mass is 32.2. The van der Waals surface area contributed by atoms with Crippen LogP contribution in [0.3, 0.4) is 0 Å². The number of carboxylic acids is 1. The van der Waals surface area contributed by atoms with Gasteiger partial charge in [0.25, 0.3) is 0 Å². The van der Waals surface area contributed by atoms with Crippen LogP contribution in [-0.2, 0) is 30.4 Å².